The lowest BCUT2D eigenvalue weighted by molar-refractivity contribution is 0.0980. The molecular weight excluding hydrogens is 412 g/mol. The Morgan fingerprint density at radius 3 is 2.45 bits per heavy atom. The minimum atomic E-state index is -3.60. The lowest BCUT2D eigenvalue weighted by atomic mass is 9.97. The van der Waals surface area contributed by atoms with Crippen LogP contribution in [0, 0.1) is 0 Å². The fourth-order valence-corrected chi connectivity index (χ4v) is 5.18. The summed E-state index contributed by atoms with van der Waals surface area (Å²) in [7, 11) is -2.04. The van der Waals surface area contributed by atoms with Gasteiger partial charge in [0, 0.05) is 43.3 Å². The molecule has 1 aliphatic rings. The maximum atomic E-state index is 13.4. The highest BCUT2D eigenvalue weighted by molar-refractivity contribution is 7.89. The van der Waals surface area contributed by atoms with Crippen molar-refractivity contribution in [3.05, 3.63) is 78.1 Å². The maximum Gasteiger partial charge on any atom is 0.258 e. The van der Waals surface area contributed by atoms with Gasteiger partial charge >= 0.3 is 0 Å². The van der Waals surface area contributed by atoms with Crippen molar-refractivity contribution < 1.29 is 13.2 Å². The van der Waals surface area contributed by atoms with Crippen molar-refractivity contribution in [2.75, 3.05) is 18.5 Å². The van der Waals surface area contributed by atoms with Crippen molar-refractivity contribution >= 4 is 21.6 Å². The van der Waals surface area contributed by atoms with Crippen LogP contribution in [0.2, 0.25) is 0 Å². The molecule has 1 aromatic heterocycles. The molecule has 1 amide bonds. The molecule has 162 valence electrons. The largest absolute Gasteiger partial charge is 0.306 e. The van der Waals surface area contributed by atoms with Crippen LogP contribution in [0.25, 0.3) is 0 Å². The first-order valence-corrected chi connectivity index (χ1v) is 11.7. The highest BCUT2D eigenvalue weighted by Gasteiger charge is 2.30. The number of benzene rings is 2. The zero-order valence-corrected chi connectivity index (χ0v) is 18.7. The number of carbonyl (C=O) groups is 1. The summed E-state index contributed by atoms with van der Waals surface area (Å²) in [6.45, 7) is 4.13. The number of hydrogen-bond acceptors (Lipinski definition) is 4. The highest BCUT2D eigenvalue weighted by Crippen LogP contribution is 2.32. The Morgan fingerprint density at radius 2 is 1.81 bits per heavy atom. The van der Waals surface area contributed by atoms with E-state index in [1.54, 1.807) is 30.3 Å². The van der Waals surface area contributed by atoms with Gasteiger partial charge in [0.1, 0.15) is 0 Å². The summed E-state index contributed by atoms with van der Waals surface area (Å²) in [4.78, 5) is 15.4. The van der Waals surface area contributed by atoms with Gasteiger partial charge in [-0.25, -0.2) is 8.42 Å². The molecule has 3 aromatic rings. The molecule has 0 saturated carbocycles. The van der Waals surface area contributed by atoms with E-state index in [-0.39, 0.29) is 22.9 Å². The second-order valence-corrected chi connectivity index (χ2v) is 10.0. The number of aromatic nitrogens is 2. The number of sulfonamides is 1. The Labute approximate surface area is 183 Å². The van der Waals surface area contributed by atoms with Gasteiger partial charge in [-0.2, -0.15) is 9.40 Å². The number of anilines is 1. The Hall–Kier alpha value is -2.97. The van der Waals surface area contributed by atoms with Gasteiger partial charge in [0.2, 0.25) is 10.0 Å². The van der Waals surface area contributed by atoms with Crippen LogP contribution >= 0.6 is 0 Å². The van der Waals surface area contributed by atoms with Crippen LogP contribution in [-0.2, 0) is 16.4 Å². The molecule has 0 fully saturated rings. The minimum absolute atomic E-state index is 0.0354. The summed E-state index contributed by atoms with van der Waals surface area (Å²) in [6.07, 6.45) is 4.44. The third kappa shape index (κ3) is 4.00. The molecule has 31 heavy (non-hydrogen) atoms. The van der Waals surface area contributed by atoms with E-state index in [4.69, 9.17) is 0 Å². The van der Waals surface area contributed by atoms with Crippen molar-refractivity contribution in [2.24, 2.45) is 0 Å². The first-order valence-electron chi connectivity index (χ1n) is 10.3. The van der Waals surface area contributed by atoms with E-state index in [9.17, 15) is 13.2 Å². The first-order chi connectivity index (χ1) is 14.8. The number of fused-ring (bicyclic) bond motifs is 1. The molecule has 0 N–H and O–H groups in total. The van der Waals surface area contributed by atoms with Gasteiger partial charge in [0.15, 0.2) is 0 Å². The summed E-state index contributed by atoms with van der Waals surface area (Å²) in [5.74, 6) is -0.162. The topological polar surface area (TPSA) is 75.5 Å². The monoisotopic (exact) mass is 438 g/mol. The zero-order valence-electron chi connectivity index (χ0n) is 17.8. The summed E-state index contributed by atoms with van der Waals surface area (Å²) >= 11 is 0. The molecule has 0 spiro atoms. The number of para-hydroxylation sites is 1. The van der Waals surface area contributed by atoms with E-state index in [0.29, 0.717) is 12.1 Å². The minimum Gasteiger partial charge on any atom is -0.306 e. The molecule has 0 unspecified atom stereocenters. The Morgan fingerprint density at radius 1 is 1.10 bits per heavy atom. The molecule has 0 aliphatic carbocycles. The third-order valence-electron chi connectivity index (χ3n) is 5.78. The molecule has 2 aromatic carbocycles. The molecule has 1 aliphatic heterocycles. The number of amides is 1. The predicted molar refractivity (Wildman–Crippen MR) is 120 cm³/mol. The van der Waals surface area contributed by atoms with Crippen molar-refractivity contribution in [3.63, 3.8) is 0 Å². The number of nitrogens with zero attached hydrogens (tertiary/aromatic N) is 4. The van der Waals surface area contributed by atoms with Gasteiger partial charge in [-0.3, -0.25) is 9.48 Å². The van der Waals surface area contributed by atoms with Crippen molar-refractivity contribution in [3.8, 4) is 0 Å². The number of hydrogen-bond donors (Lipinski definition) is 0. The highest BCUT2D eigenvalue weighted by atomic mass is 32.2. The van der Waals surface area contributed by atoms with Crippen LogP contribution in [0.1, 0.15) is 35.8 Å². The Bertz CT molecular complexity index is 1170. The van der Waals surface area contributed by atoms with Crippen molar-refractivity contribution in [1.29, 1.82) is 0 Å². The lowest BCUT2D eigenvalue weighted by Crippen LogP contribution is -2.41. The average Bonchev–Trinajstić information content (AvgIpc) is 3.32. The van der Waals surface area contributed by atoms with Crippen molar-refractivity contribution in [1.82, 2.24) is 14.1 Å². The fourth-order valence-electron chi connectivity index (χ4n) is 3.81. The van der Waals surface area contributed by atoms with Crippen LogP contribution in [-0.4, -0.2) is 48.0 Å². The third-order valence-corrected chi connectivity index (χ3v) is 7.83. The van der Waals surface area contributed by atoms with E-state index in [1.165, 1.54) is 16.4 Å². The number of rotatable bonds is 5. The van der Waals surface area contributed by atoms with Gasteiger partial charge < -0.3 is 4.90 Å². The van der Waals surface area contributed by atoms with E-state index in [1.807, 2.05) is 55.1 Å². The normalized spacial score (nSPS) is 16.5. The number of carbonyl (C=O) groups excluding carboxylic acids is 1. The molecule has 4 rings (SSSR count). The Balaban J connectivity index is 1.64. The molecular formula is C23H26N4O3S. The molecule has 1 atom stereocenters. The average molecular weight is 439 g/mol. The molecule has 0 saturated heterocycles. The quantitative estimate of drug-likeness (QED) is 0.612. The molecule has 0 radical (unpaired) electrons. The predicted octanol–water partition coefficient (Wildman–Crippen LogP) is 3.36. The van der Waals surface area contributed by atoms with E-state index in [0.717, 1.165) is 17.7 Å². The summed E-state index contributed by atoms with van der Waals surface area (Å²) in [5, 5.41) is 4.36. The van der Waals surface area contributed by atoms with Gasteiger partial charge in [0.25, 0.3) is 5.91 Å². The smallest absolute Gasteiger partial charge is 0.258 e. The zero-order chi connectivity index (χ0) is 22.2. The van der Waals surface area contributed by atoms with Crippen molar-refractivity contribution in [2.45, 2.75) is 37.2 Å². The molecule has 0 bridgehead atoms. The summed E-state index contributed by atoms with van der Waals surface area (Å²) in [5.41, 5.74) is 2.41. The SMILES string of the molecule is CC(C)N(C)S(=O)(=O)c1ccc(C(=O)N2C[C@@H](n3cccn3)Cc3ccccc32)cc1. The van der Waals surface area contributed by atoms with Crippen LogP contribution in [0.5, 0.6) is 0 Å². The first kappa shape index (κ1) is 21.3. The van der Waals surface area contributed by atoms with Gasteiger partial charge in [-0.1, -0.05) is 18.2 Å². The van der Waals surface area contributed by atoms with Crippen LogP contribution in [0.4, 0.5) is 5.69 Å². The second kappa shape index (κ2) is 8.28. The Kier molecular flexibility index (Phi) is 5.68. The van der Waals surface area contributed by atoms with Crippen LogP contribution in [0.3, 0.4) is 0 Å². The van der Waals surface area contributed by atoms with Crippen LogP contribution in [0.15, 0.2) is 71.9 Å². The lowest BCUT2D eigenvalue weighted by Gasteiger charge is -2.34. The molecule has 2 heterocycles. The standard InChI is InChI=1S/C23H26N4O3S/c1-17(2)25(3)31(29,30)21-11-9-18(10-12-21)23(28)26-16-20(27-14-6-13-24-27)15-19-7-4-5-8-22(19)26/h4-14,17,20H,15-16H2,1-3H3/t20-/m0/s1. The summed E-state index contributed by atoms with van der Waals surface area (Å²) < 4.78 is 28.6. The maximum absolute atomic E-state index is 13.4. The van der Waals surface area contributed by atoms with Gasteiger partial charge in [-0.05, 0) is 62.2 Å². The molecule has 8 heteroatoms. The van der Waals surface area contributed by atoms with Crippen LogP contribution < -0.4 is 4.90 Å². The fraction of sp³-hybridized carbons (Fsp3) is 0.304. The summed E-state index contributed by atoms with van der Waals surface area (Å²) in [6, 6.07) is 15.8. The van der Waals surface area contributed by atoms with Gasteiger partial charge in [-0.15, -0.1) is 0 Å². The second-order valence-electron chi connectivity index (χ2n) is 8.03. The van der Waals surface area contributed by atoms with E-state index >= 15 is 0 Å². The van der Waals surface area contributed by atoms with Gasteiger partial charge in [0.05, 0.1) is 10.9 Å². The molecule has 7 nitrogen and oxygen atoms in total. The van der Waals surface area contributed by atoms with E-state index in [2.05, 4.69) is 5.10 Å². The van der Waals surface area contributed by atoms with E-state index < -0.39 is 10.0 Å².